The molecule has 0 aliphatic rings. The highest BCUT2D eigenvalue weighted by molar-refractivity contribution is 6.05. The second-order valence-corrected chi connectivity index (χ2v) is 6.16. The fourth-order valence-electron chi connectivity index (χ4n) is 3.34. The van der Waals surface area contributed by atoms with Crippen LogP contribution in [0.3, 0.4) is 0 Å². The molecular formula is C22H21NO4. The van der Waals surface area contributed by atoms with Gasteiger partial charge in [0, 0.05) is 34.6 Å². The number of ether oxygens (including phenoxy) is 3. The van der Waals surface area contributed by atoms with Crippen LogP contribution in [-0.4, -0.2) is 21.3 Å². The second kappa shape index (κ2) is 7.11. The Bertz CT molecular complexity index is 1100. The third-order valence-electron chi connectivity index (χ3n) is 4.65. The smallest absolute Gasteiger partial charge is 0.203 e. The van der Waals surface area contributed by atoms with Crippen LogP contribution < -0.4 is 19.5 Å². The molecule has 0 radical (unpaired) electrons. The Hall–Kier alpha value is -3.34. The van der Waals surface area contributed by atoms with E-state index in [2.05, 4.69) is 23.5 Å². The van der Waals surface area contributed by atoms with Gasteiger partial charge < -0.3 is 23.9 Å². The highest BCUT2D eigenvalue weighted by Gasteiger charge is 2.15. The molecule has 0 saturated carbocycles. The minimum absolute atomic E-state index is 0.579. The van der Waals surface area contributed by atoms with Crippen molar-refractivity contribution in [2.45, 2.75) is 6.54 Å². The van der Waals surface area contributed by atoms with E-state index in [1.807, 2.05) is 36.4 Å². The lowest BCUT2D eigenvalue weighted by molar-refractivity contribution is 0.322. The summed E-state index contributed by atoms with van der Waals surface area (Å²) in [5.41, 5.74) is 3.70. The summed E-state index contributed by atoms with van der Waals surface area (Å²) in [6.07, 6.45) is 0. The van der Waals surface area contributed by atoms with E-state index in [-0.39, 0.29) is 0 Å². The van der Waals surface area contributed by atoms with Gasteiger partial charge in [-0.15, -0.1) is 0 Å². The number of furan rings is 1. The molecule has 0 aliphatic carbocycles. The Labute approximate surface area is 157 Å². The van der Waals surface area contributed by atoms with E-state index in [4.69, 9.17) is 18.6 Å². The van der Waals surface area contributed by atoms with E-state index in [0.717, 1.165) is 33.2 Å². The predicted octanol–water partition coefficient (Wildman–Crippen LogP) is 5.22. The van der Waals surface area contributed by atoms with Crippen LogP contribution in [0.25, 0.3) is 21.9 Å². The third kappa shape index (κ3) is 3.01. The van der Waals surface area contributed by atoms with Crippen molar-refractivity contribution in [3.63, 3.8) is 0 Å². The third-order valence-corrected chi connectivity index (χ3v) is 4.65. The Morgan fingerprint density at radius 2 is 1.56 bits per heavy atom. The van der Waals surface area contributed by atoms with Gasteiger partial charge in [0.05, 0.1) is 21.3 Å². The molecule has 0 spiro atoms. The summed E-state index contributed by atoms with van der Waals surface area (Å²) in [6.45, 7) is 0.579. The lowest BCUT2D eigenvalue weighted by Gasteiger charge is -2.16. The van der Waals surface area contributed by atoms with Crippen molar-refractivity contribution in [1.29, 1.82) is 0 Å². The van der Waals surface area contributed by atoms with Gasteiger partial charge in [-0.25, -0.2) is 0 Å². The van der Waals surface area contributed by atoms with E-state index in [9.17, 15) is 0 Å². The minimum atomic E-state index is 0.579. The SMILES string of the molecule is COc1ccc(CNc2ccc3c(c2)oc2ccccc23)c(OC)c1OC. The van der Waals surface area contributed by atoms with Gasteiger partial charge in [0.15, 0.2) is 11.5 Å². The van der Waals surface area contributed by atoms with Crippen LogP contribution >= 0.6 is 0 Å². The van der Waals surface area contributed by atoms with Crippen LogP contribution in [0.2, 0.25) is 0 Å². The molecular weight excluding hydrogens is 342 g/mol. The molecule has 1 heterocycles. The zero-order chi connectivity index (χ0) is 18.8. The Kier molecular flexibility index (Phi) is 4.50. The summed E-state index contributed by atoms with van der Waals surface area (Å²) in [7, 11) is 4.84. The van der Waals surface area contributed by atoms with Gasteiger partial charge in [0.25, 0.3) is 0 Å². The molecule has 5 heteroatoms. The number of rotatable bonds is 6. The fraction of sp³-hybridized carbons (Fsp3) is 0.182. The van der Waals surface area contributed by atoms with E-state index in [1.54, 1.807) is 21.3 Å². The van der Waals surface area contributed by atoms with E-state index < -0.39 is 0 Å². The molecule has 3 aromatic carbocycles. The summed E-state index contributed by atoms with van der Waals surface area (Å²) >= 11 is 0. The lowest BCUT2D eigenvalue weighted by Crippen LogP contribution is -2.04. The molecule has 4 rings (SSSR count). The van der Waals surface area contributed by atoms with Crippen molar-refractivity contribution in [3.05, 3.63) is 60.2 Å². The standard InChI is InChI=1S/C22H21NO4/c1-24-19-11-8-14(21(25-2)22(19)26-3)13-23-15-9-10-17-16-6-4-5-7-18(16)27-20(17)12-15/h4-12,23H,13H2,1-3H3. The van der Waals surface area contributed by atoms with Crippen molar-refractivity contribution in [2.24, 2.45) is 0 Å². The van der Waals surface area contributed by atoms with Crippen LogP contribution in [0.1, 0.15) is 5.56 Å². The fourth-order valence-corrected chi connectivity index (χ4v) is 3.34. The zero-order valence-electron chi connectivity index (χ0n) is 15.5. The average molecular weight is 363 g/mol. The molecule has 0 bridgehead atoms. The maximum Gasteiger partial charge on any atom is 0.203 e. The number of fused-ring (bicyclic) bond motifs is 3. The highest BCUT2D eigenvalue weighted by atomic mass is 16.5. The van der Waals surface area contributed by atoms with Crippen LogP contribution in [0.15, 0.2) is 59.0 Å². The molecule has 5 nitrogen and oxygen atoms in total. The number of nitrogens with one attached hydrogen (secondary N) is 1. The van der Waals surface area contributed by atoms with Gasteiger partial charge >= 0.3 is 0 Å². The summed E-state index contributed by atoms with van der Waals surface area (Å²) < 4.78 is 22.3. The summed E-state index contributed by atoms with van der Waals surface area (Å²) in [6, 6.07) is 18.0. The topological polar surface area (TPSA) is 52.9 Å². The van der Waals surface area contributed by atoms with Crippen LogP contribution in [0, 0.1) is 0 Å². The molecule has 0 unspecified atom stereocenters. The number of methoxy groups -OCH3 is 3. The molecule has 1 N–H and O–H groups in total. The highest BCUT2D eigenvalue weighted by Crippen LogP contribution is 2.40. The molecule has 0 atom stereocenters. The zero-order valence-corrected chi connectivity index (χ0v) is 15.5. The van der Waals surface area contributed by atoms with Crippen molar-refractivity contribution in [2.75, 3.05) is 26.6 Å². The molecule has 1 aromatic heterocycles. The Morgan fingerprint density at radius 3 is 2.33 bits per heavy atom. The quantitative estimate of drug-likeness (QED) is 0.509. The maximum absolute atomic E-state index is 5.96. The van der Waals surface area contributed by atoms with Crippen molar-refractivity contribution in [3.8, 4) is 17.2 Å². The van der Waals surface area contributed by atoms with E-state index >= 15 is 0 Å². The summed E-state index contributed by atoms with van der Waals surface area (Å²) in [5.74, 6) is 1.89. The van der Waals surface area contributed by atoms with Crippen molar-refractivity contribution in [1.82, 2.24) is 0 Å². The average Bonchev–Trinajstić information content (AvgIpc) is 3.09. The minimum Gasteiger partial charge on any atom is -0.493 e. The van der Waals surface area contributed by atoms with E-state index in [1.165, 1.54) is 0 Å². The van der Waals surface area contributed by atoms with Gasteiger partial charge in [-0.3, -0.25) is 0 Å². The maximum atomic E-state index is 5.96. The summed E-state index contributed by atoms with van der Waals surface area (Å²) in [5, 5.41) is 5.66. The number of benzene rings is 3. The first kappa shape index (κ1) is 17.1. The Morgan fingerprint density at radius 1 is 0.778 bits per heavy atom. The molecule has 0 fully saturated rings. The number of para-hydroxylation sites is 1. The van der Waals surface area contributed by atoms with Crippen LogP contribution in [0.4, 0.5) is 5.69 Å². The van der Waals surface area contributed by atoms with E-state index in [0.29, 0.717) is 23.8 Å². The lowest BCUT2D eigenvalue weighted by atomic mass is 10.1. The largest absolute Gasteiger partial charge is 0.493 e. The molecule has 138 valence electrons. The van der Waals surface area contributed by atoms with Gasteiger partial charge in [-0.05, 0) is 30.3 Å². The Balaban J connectivity index is 1.62. The molecule has 0 amide bonds. The predicted molar refractivity (Wildman–Crippen MR) is 107 cm³/mol. The van der Waals surface area contributed by atoms with Gasteiger partial charge in [-0.2, -0.15) is 0 Å². The first-order chi connectivity index (χ1) is 13.2. The first-order valence-electron chi connectivity index (χ1n) is 8.68. The van der Waals surface area contributed by atoms with Crippen LogP contribution in [0.5, 0.6) is 17.2 Å². The molecule has 0 saturated heterocycles. The molecule has 27 heavy (non-hydrogen) atoms. The first-order valence-corrected chi connectivity index (χ1v) is 8.68. The normalized spacial score (nSPS) is 10.9. The van der Waals surface area contributed by atoms with Gasteiger partial charge in [0.1, 0.15) is 11.2 Å². The van der Waals surface area contributed by atoms with Crippen LogP contribution in [-0.2, 0) is 6.54 Å². The number of anilines is 1. The summed E-state index contributed by atoms with van der Waals surface area (Å²) in [4.78, 5) is 0. The van der Waals surface area contributed by atoms with Gasteiger partial charge in [-0.1, -0.05) is 18.2 Å². The number of hydrogen-bond acceptors (Lipinski definition) is 5. The molecule has 4 aromatic rings. The van der Waals surface area contributed by atoms with Crippen molar-refractivity contribution < 1.29 is 18.6 Å². The molecule has 0 aliphatic heterocycles. The second-order valence-electron chi connectivity index (χ2n) is 6.16. The number of hydrogen-bond donors (Lipinski definition) is 1. The van der Waals surface area contributed by atoms with Crippen molar-refractivity contribution >= 4 is 27.6 Å². The van der Waals surface area contributed by atoms with Gasteiger partial charge in [0.2, 0.25) is 5.75 Å². The monoisotopic (exact) mass is 363 g/mol.